The van der Waals surface area contributed by atoms with Gasteiger partial charge in [-0.2, -0.15) is 0 Å². The van der Waals surface area contributed by atoms with Gasteiger partial charge in [0.2, 0.25) is 0 Å². The first-order valence-corrected chi connectivity index (χ1v) is 9.12. The molecule has 0 heterocycles. The number of esters is 1. The molecule has 2 rings (SSSR count). The third-order valence-corrected chi connectivity index (χ3v) is 4.35. The predicted octanol–water partition coefficient (Wildman–Crippen LogP) is 5.44. The van der Waals surface area contributed by atoms with E-state index in [-0.39, 0.29) is 21.9 Å². The number of aromatic carboxylic acids is 1. The molecule has 2 aromatic rings. The number of benzene rings is 2. The van der Waals surface area contributed by atoms with Crippen molar-refractivity contribution in [1.82, 2.24) is 0 Å². The van der Waals surface area contributed by atoms with Gasteiger partial charge in [-0.25, -0.2) is 9.59 Å². The van der Waals surface area contributed by atoms with Crippen molar-refractivity contribution >= 4 is 39.5 Å². The molecule has 0 bridgehead atoms. The van der Waals surface area contributed by atoms with Crippen LogP contribution in [0.5, 0.6) is 11.5 Å². The van der Waals surface area contributed by atoms with Gasteiger partial charge in [-0.05, 0) is 64.7 Å². The average Bonchev–Trinajstić information content (AvgIpc) is 2.57. The number of halogens is 2. The summed E-state index contributed by atoms with van der Waals surface area (Å²) < 4.78 is 11.5. The Labute approximate surface area is 165 Å². The van der Waals surface area contributed by atoms with Gasteiger partial charge in [0.15, 0.2) is 0 Å². The Bertz CT molecular complexity index is 820. The van der Waals surface area contributed by atoms with Crippen LogP contribution in [0.2, 0.25) is 5.02 Å². The van der Waals surface area contributed by atoms with E-state index in [0.717, 1.165) is 6.42 Å². The molecule has 0 aliphatic rings. The smallest absolute Gasteiger partial charge is 0.343 e. The molecule has 0 radical (unpaired) electrons. The van der Waals surface area contributed by atoms with Crippen LogP contribution in [0.15, 0.2) is 40.9 Å². The fourth-order valence-electron chi connectivity index (χ4n) is 2.07. The van der Waals surface area contributed by atoms with E-state index in [1.807, 2.05) is 0 Å². The van der Waals surface area contributed by atoms with Crippen molar-refractivity contribution in [3.8, 4) is 11.5 Å². The first-order chi connectivity index (χ1) is 12.3. The summed E-state index contributed by atoms with van der Waals surface area (Å²) in [6.07, 6.45) is 0.921. The molecule has 7 heteroatoms. The average molecular weight is 442 g/mol. The molecule has 0 saturated heterocycles. The second-order valence-electron chi connectivity index (χ2n) is 6.01. The van der Waals surface area contributed by atoms with Crippen LogP contribution in [-0.2, 0) is 0 Å². The third kappa shape index (κ3) is 5.47. The Morgan fingerprint density at radius 2 is 1.85 bits per heavy atom. The molecule has 1 N–H and O–H groups in total. The molecule has 0 amide bonds. The molecule has 0 saturated carbocycles. The van der Waals surface area contributed by atoms with Crippen molar-refractivity contribution in [2.75, 3.05) is 6.61 Å². The summed E-state index contributed by atoms with van der Waals surface area (Å²) in [7, 11) is 0. The Morgan fingerprint density at radius 3 is 2.46 bits per heavy atom. The van der Waals surface area contributed by atoms with Crippen molar-refractivity contribution in [3.63, 3.8) is 0 Å². The molecule has 2 aromatic carbocycles. The van der Waals surface area contributed by atoms with Gasteiger partial charge in [-0.15, -0.1) is 0 Å². The fraction of sp³-hybridized carbons (Fsp3) is 0.263. The van der Waals surface area contributed by atoms with E-state index in [1.165, 1.54) is 18.2 Å². The van der Waals surface area contributed by atoms with Crippen LogP contribution in [0.25, 0.3) is 0 Å². The van der Waals surface area contributed by atoms with E-state index >= 15 is 0 Å². The number of rotatable bonds is 7. The highest BCUT2D eigenvalue weighted by Crippen LogP contribution is 2.28. The summed E-state index contributed by atoms with van der Waals surface area (Å²) in [5.41, 5.74) is 0.0814. The lowest BCUT2D eigenvalue weighted by molar-refractivity contribution is 0.0681. The Kier molecular flexibility index (Phi) is 7.06. The van der Waals surface area contributed by atoms with E-state index in [4.69, 9.17) is 21.1 Å². The van der Waals surface area contributed by atoms with Gasteiger partial charge in [0.05, 0.1) is 16.6 Å². The molecular formula is C19H18BrClO5. The summed E-state index contributed by atoms with van der Waals surface area (Å²) in [5, 5.41) is 9.44. The predicted molar refractivity (Wildman–Crippen MR) is 102 cm³/mol. The zero-order valence-corrected chi connectivity index (χ0v) is 16.6. The number of hydrogen-bond donors (Lipinski definition) is 1. The van der Waals surface area contributed by atoms with E-state index in [0.29, 0.717) is 22.7 Å². The lowest BCUT2D eigenvalue weighted by atomic mass is 10.1. The minimum absolute atomic E-state index is 0.0692. The molecular weight excluding hydrogens is 424 g/mol. The van der Waals surface area contributed by atoms with Gasteiger partial charge in [-0.1, -0.05) is 25.4 Å². The first-order valence-electron chi connectivity index (χ1n) is 7.95. The van der Waals surface area contributed by atoms with Crippen LogP contribution in [0.3, 0.4) is 0 Å². The van der Waals surface area contributed by atoms with Crippen LogP contribution < -0.4 is 9.47 Å². The van der Waals surface area contributed by atoms with Crippen LogP contribution in [0.4, 0.5) is 0 Å². The van der Waals surface area contributed by atoms with Crippen LogP contribution in [-0.4, -0.2) is 23.7 Å². The molecule has 0 aliphatic heterocycles. The zero-order valence-electron chi connectivity index (χ0n) is 14.3. The Balaban J connectivity index is 2.13. The topological polar surface area (TPSA) is 72.8 Å². The van der Waals surface area contributed by atoms with Crippen molar-refractivity contribution in [2.45, 2.75) is 20.3 Å². The second kappa shape index (κ2) is 9.05. The minimum Gasteiger partial charge on any atom is -0.492 e. The van der Waals surface area contributed by atoms with E-state index in [1.54, 1.807) is 18.2 Å². The van der Waals surface area contributed by atoms with Gasteiger partial charge in [0, 0.05) is 5.02 Å². The number of hydrogen-bond acceptors (Lipinski definition) is 4. The summed E-state index contributed by atoms with van der Waals surface area (Å²) in [6.45, 7) is 4.80. The molecule has 0 aromatic heterocycles. The highest BCUT2D eigenvalue weighted by molar-refractivity contribution is 9.10. The zero-order chi connectivity index (χ0) is 19.3. The van der Waals surface area contributed by atoms with Crippen molar-refractivity contribution in [1.29, 1.82) is 0 Å². The van der Waals surface area contributed by atoms with E-state index < -0.39 is 11.9 Å². The van der Waals surface area contributed by atoms with Crippen LogP contribution in [0, 0.1) is 5.92 Å². The molecule has 0 aliphatic carbocycles. The lowest BCUT2D eigenvalue weighted by Crippen LogP contribution is -2.12. The molecule has 5 nitrogen and oxygen atoms in total. The number of carbonyl (C=O) groups excluding carboxylic acids is 1. The molecule has 138 valence electrons. The quantitative estimate of drug-likeness (QED) is 0.457. The highest BCUT2D eigenvalue weighted by atomic mass is 79.9. The number of carboxylic acids is 1. The Hall–Kier alpha value is -2.05. The minimum atomic E-state index is -1.23. The summed E-state index contributed by atoms with van der Waals surface area (Å²) in [4.78, 5) is 23.6. The first kappa shape index (κ1) is 20.3. The van der Waals surface area contributed by atoms with Gasteiger partial charge < -0.3 is 14.6 Å². The lowest BCUT2D eigenvalue weighted by Gasteiger charge is -2.11. The summed E-state index contributed by atoms with van der Waals surface area (Å²) >= 11 is 9.16. The molecule has 0 fully saturated rings. The Morgan fingerprint density at radius 1 is 1.15 bits per heavy atom. The van der Waals surface area contributed by atoms with Gasteiger partial charge >= 0.3 is 11.9 Å². The van der Waals surface area contributed by atoms with Gasteiger partial charge in [-0.3, -0.25) is 0 Å². The maximum Gasteiger partial charge on any atom is 0.343 e. The number of ether oxygens (including phenoxy) is 2. The maximum absolute atomic E-state index is 12.3. The highest BCUT2D eigenvalue weighted by Gasteiger charge is 2.17. The van der Waals surface area contributed by atoms with E-state index in [2.05, 4.69) is 29.8 Å². The molecule has 26 heavy (non-hydrogen) atoms. The largest absolute Gasteiger partial charge is 0.492 e. The fourth-order valence-corrected chi connectivity index (χ4v) is 2.73. The van der Waals surface area contributed by atoms with Crippen LogP contribution >= 0.6 is 27.5 Å². The summed E-state index contributed by atoms with van der Waals surface area (Å²) in [5.74, 6) is -0.819. The van der Waals surface area contributed by atoms with Crippen molar-refractivity contribution < 1.29 is 24.2 Å². The van der Waals surface area contributed by atoms with E-state index in [9.17, 15) is 14.7 Å². The van der Waals surface area contributed by atoms with Crippen molar-refractivity contribution in [3.05, 3.63) is 57.0 Å². The summed E-state index contributed by atoms with van der Waals surface area (Å²) in [6, 6.07) is 8.84. The molecule has 0 unspecified atom stereocenters. The van der Waals surface area contributed by atoms with Crippen LogP contribution in [0.1, 0.15) is 41.0 Å². The van der Waals surface area contributed by atoms with Gasteiger partial charge in [0.25, 0.3) is 0 Å². The standard InChI is InChI=1S/C19H18BrClO5/c1-11(2)7-8-25-17-5-3-12(9-15(17)20)19(24)26-16-6-4-13(21)10-14(16)18(22)23/h3-6,9-11H,7-8H2,1-2H3,(H,22,23). The SMILES string of the molecule is CC(C)CCOc1ccc(C(=O)Oc2ccc(Cl)cc2C(=O)O)cc1Br. The third-order valence-electron chi connectivity index (χ3n) is 3.50. The van der Waals surface area contributed by atoms with Crippen molar-refractivity contribution in [2.24, 2.45) is 5.92 Å². The number of carboxylic acid groups (broad SMARTS) is 1. The monoisotopic (exact) mass is 440 g/mol. The van der Waals surface area contributed by atoms with Gasteiger partial charge in [0.1, 0.15) is 17.1 Å². The number of carbonyl (C=O) groups is 2. The maximum atomic E-state index is 12.3. The normalized spacial score (nSPS) is 10.7. The second-order valence-corrected chi connectivity index (χ2v) is 7.30. The molecule has 0 atom stereocenters. The molecule has 0 spiro atoms.